The topological polar surface area (TPSA) is 27.7 Å². The lowest BCUT2D eigenvalue weighted by Crippen LogP contribution is -2.47. The van der Waals surface area contributed by atoms with E-state index >= 15 is 0 Å². The van der Waals surface area contributed by atoms with Crippen LogP contribution < -0.4 is 0 Å². The molecule has 0 spiro atoms. The Kier molecular flexibility index (Phi) is 5.33. The number of rotatable bonds is 6. The van der Waals surface area contributed by atoms with Crippen LogP contribution in [0.4, 0.5) is 13.2 Å². The molecular formula is C11H15F3O3Si. The molecule has 1 aromatic carbocycles. The van der Waals surface area contributed by atoms with E-state index in [9.17, 15) is 13.2 Å². The highest BCUT2D eigenvalue weighted by atomic mass is 28.4. The maximum atomic E-state index is 13.5. The third kappa shape index (κ3) is 3.32. The Bertz CT molecular complexity index is 411. The van der Waals surface area contributed by atoms with Gasteiger partial charge in [-0.2, -0.15) is 0 Å². The van der Waals surface area contributed by atoms with Gasteiger partial charge in [-0.3, -0.25) is 0 Å². The van der Waals surface area contributed by atoms with Gasteiger partial charge in [-0.15, -0.1) is 0 Å². The fourth-order valence-electron chi connectivity index (χ4n) is 1.55. The molecule has 1 rings (SSSR count). The zero-order valence-corrected chi connectivity index (χ0v) is 11.4. The third-order valence-electron chi connectivity index (χ3n) is 2.48. The molecule has 0 aliphatic carbocycles. The van der Waals surface area contributed by atoms with Crippen LogP contribution >= 0.6 is 0 Å². The second-order valence-corrected chi connectivity index (χ2v) is 6.38. The summed E-state index contributed by atoms with van der Waals surface area (Å²) in [5.41, 5.74) is -0.0299. The molecule has 102 valence electrons. The molecule has 7 heteroatoms. The van der Waals surface area contributed by atoms with Crippen LogP contribution in [0, 0.1) is 17.5 Å². The van der Waals surface area contributed by atoms with Crippen molar-refractivity contribution < 1.29 is 26.4 Å². The van der Waals surface area contributed by atoms with Gasteiger partial charge >= 0.3 is 8.80 Å². The van der Waals surface area contributed by atoms with Crippen LogP contribution in [0.15, 0.2) is 12.1 Å². The first-order valence-electron chi connectivity index (χ1n) is 5.35. The largest absolute Gasteiger partial charge is 0.505 e. The molecule has 0 N–H and O–H groups in total. The summed E-state index contributed by atoms with van der Waals surface area (Å²) >= 11 is 0. The van der Waals surface area contributed by atoms with Gasteiger partial charge < -0.3 is 13.3 Å². The third-order valence-corrected chi connectivity index (χ3v) is 5.27. The van der Waals surface area contributed by atoms with Crippen molar-refractivity contribution in [2.75, 3.05) is 20.8 Å². The van der Waals surface area contributed by atoms with Crippen LogP contribution in [0.5, 0.6) is 0 Å². The van der Waals surface area contributed by atoms with E-state index < -0.39 is 26.3 Å². The lowest BCUT2D eigenvalue weighted by molar-refractivity contribution is 0.103. The van der Waals surface area contributed by atoms with E-state index in [4.69, 9.17) is 13.3 Å². The molecule has 1 aromatic rings. The second-order valence-electron chi connectivity index (χ2n) is 3.56. The molecule has 0 saturated heterocycles. The molecule has 0 amide bonds. The monoisotopic (exact) mass is 280 g/mol. The quantitative estimate of drug-likeness (QED) is 0.592. The minimum absolute atomic E-state index is 0.0299. The Labute approximate surface area is 105 Å². The zero-order chi connectivity index (χ0) is 13.8. The van der Waals surface area contributed by atoms with Gasteiger partial charge in [0.1, 0.15) is 5.82 Å². The van der Waals surface area contributed by atoms with Crippen LogP contribution in [-0.2, 0) is 19.3 Å². The van der Waals surface area contributed by atoms with Gasteiger partial charge in [0.05, 0.1) is 0 Å². The summed E-state index contributed by atoms with van der Waals surface area (Å²) in [7, 11) is -0.329. The van der Waals surface area contributed by atoms with Gasteiger partial charge in [0.15, 0.2) is 11.6 Å². The van der Waals surface area contributed by atoms with Crippen LogP contribution in [0.1, 0.15) is 12.5 Å². The predicted molar refractivity (Wildman–Crippen MR) is 61.4 cm³/mol. The van der Waals surface area contributed by atoms with Crippen molar-refractivity contribution in [3.8, 4) is 0 Å². The van der Waals surface area contributed by atoms with Crippen LogP contribution in [0.25, 0.3) is 0 Å². The number of halogens is 3. The maximum Gasteiger partial charge on any atom is 0.505 e. The van der Waals surface area contributed by atoms with E-state index in [0.717, 1.165) is 6.07 Å². The van der Waals surface area contributed by atoms with E-state index in [0.29, 0.717) is 12.7 Å². The van der Waals surface area contributed by atoms with E-state index in [1.54, 1.807) is 6.92 Å². The molecule has 18 heavy (non-hydrogen) atoms. The van der Waals surface area contributed by atoms with Gasteiger partial charge in [-0.05, 0) is 18.6 Å². The summed E-state index contributed by atoms with van der Waals surface area (Å²) in [6, 6.07) is 1.24. The number of hydrogen-bond donors (Lipinski definition) is 0. The molecule has 3 nitrogen and oxygen atoms in total. The molecule has 0 aliphatic heterocycles. The Morgan fingerprint density at radius 3 is 2.06 bits per heavy atom. The summed E-state index contributed by atoms with van der Waals surface area (Å²) in [5.74, 6) is -3.19. The average molecular weight is 280 g/mol. The summed E-state index contributed by atoms with van der Waals surface area (Å²) in [5, 5.41) is 0. The average Bonchev–Trinajstić information content (AvgIpc) is 2.35. The van der Waals surface area contributed by atoms with Crippen LogP contribution in [-0.4, -0.2) is 29.6 Å². The molecule has 0 atom stereocenters. The zero-order valence-electron chi connectivity index (χ0n) is 10.4. The van der Waals surface area contributed by atoms with Crippen molar-refractivity contribution in [1.29, 1.82) is 0 Å². The first kappa shape index (κ1) is 15.2. The van der Waals surface area contributed by atoms with E-state index in [2.05, 4.69) is 0 Å². The Balaban J connectivity index is 3.04. The molecule has 0 heterocycles. The minimum atomic E-state index is -3.09. The Morgan fingerprint density at radius 2 is 1.56 bits per heavy atom. The summed E-state index contributed by atoms with van der Waals surface area (Å²) in [4.78, 5) is 0. The lowest BCUT2D eigenvalue weighted by atomic mass is 10.2. The van der Waals surface area contributed by atoms with Crippen molar-refractivity contribution in [3.05, 3.63) is 35.1 Å². The van der Waals surface area contributed by atoms with Crippen molar-refractivity contribution in [2.24, 2.45) is 0 Å². The molecule has 0 saturated carbocycles. The highest BCUT2D eigenvalue weighted by molar-refractivity contribution is 6.60. The van der Waals surface area contributed by atoms with Gasteiger partial charge in [-0.1, -0.05) is 0 Å². The van der Waals surface area contributed by atoms with Crippen molar-refractivity contribution in [2.45, 2.75) is 13.0 Å². The fourth-order valence-corrected chi connectivity index (χ4v) is 3.52. The van der Waals surface area contributed by atoms with Crippen molar-refractivity contribution in [3.63, 3.8) is 0 Å². The predicted octanol–water partition coefficient (Wildman–Crippen LogP) is 2.45. The Hall–Kier alpha value is -0.893. The van der Waals surface area contributed by atoms with Gasteiger partial charge in [0, 0.05) is 32.9 Å². The van der Waals surface area contributed by atoms with Crippen LogP contribution in [0.2, 0.25) is 0 Å². The lowest BCUT2D eigenvalue weighted by Gasteiger charge is -2.26. The summed E-state index contributed by atoms with van der Waals surface area (Å²) < 4.78 is 55.1. The molecule has 0 unspecified atom stereocenters. The van der Waals surface area contributed by atoms with Crippen molar-refractivity contribution >= 4 is 8.80 Å². The highest BCUT2D eigenvalue weighted by Gasteiger charge is 2.40. The molecule has 0 radical (unpaired) electrons. The molecular weight excluding hydrogens is 265 g/mol. The van der Waals surface area contributed by atoms with Gasteiger partial charge in [0.2, 0.25) is 0 Å². The molecule has 0 aliphatic rings. The van der Waals surface area contributed by atoms with Gasteiger partial charge in [0.25, 0.3) is 0 Å². The SMILES string of the molecule is CCO[Si](Cc1cc(F)c(F)cc1F)(OC)OC. The maximum absolute atomic E-state index is 13.5. The Morgan fingerprint density at radius 1 is 1.00 bits per heavy atom. The summed E-state index contributed by atoms with van der Waals surface area (Å²) in [6.45, 7) is 2.06. The first-order valence-corrected chi connectivity index (χ1v) is 7.29. The van der Waals surface area contributed by atoms with Crippen molar-refractivity contribution in [1.82, 2.24) is 0 Å². The van der Waals surface area contributed by atoms with Crippen LogP contribution in [0.3, 0.4) is 0 Å². The first-order chi connectivity index (χ1) is 8.48. The van der Waals surface area contributed by atoms with E-state index in [-0.39, 0.29) is 11.6 Å². The summed E-state index contributed by atoms with van der Waals surface area (Å²) in [6.07, 6.45) is 0. The standard InChI is InChI=1S/C11H15F3O3Si/c1-4-17-18(15-2,16-3)7-8-5-10(13)11(14)6-9(8)12/h5-6H,4,7H2,1-3H3. The number of hydrogen-bond acceptors (Lipinski definition) is 3. The minimum Gasteiger partial charge on any atom is -0.377 e. The van der Waals surface area contributed by atoms with E-state index in [1.807, 2.05) is 0 Å². The van der Waals surface area contributed by atoms with E-state index in [1.165, 1.54) is 14.2 Å². The normalized spacial score (nSPS) is 11.9. The molecule has 0 aromatic heterocycles. The molecule has 0 bridgehead atoms. The number of benzene rings is 1. The fraction of sp³-hybridized carbons (Fsp3) is 0.455. The second kappa shape index (κ2) is 6.33. The highest BCUT2D eigenvalue weighted by Crippen LogP contribution is 2.20. The smallest absolute Gasteiger partial charge is 0.377 e. The molecule has 0 fully saturated rings. The van der Waals surface area contributed by atoms with Gasteiger partial charge in [-0.25, -0.2) is 13.2 Å².